The first-order valence-corrected chi connectivity index (χ1v) is 5.00. The van der Waals surface area contributed by atoms with Gasteiger partial charge in [-0.1, -0.05) is 0 Å². The molecule has 1 aliphatic carbocycles. The van der Waals surface area contributed by atoms with E-state index in [2.05, 4.69) is 4.98 Å². The fourth-order valence-corrected chi connectivity index (χ4v) is 2.15. The lowest BCUT2D eigenvalue weighted by Crippen LogP contribution is -2.04. The monoisotopic (exact) mass is 211 g/mol. The summed E-state index contributed by atoms with van der Waals surface area (Å²) < 4.78 is 18.7. The van der Waals surface area contributed by atoms with Gasteiger partial charge in [0.25, 0.3) is 5.88 Å². The van der Waals surface area contributed by atoms with Gasteiger partial charge in [-0.15, -0.1) is 0 Å². The molecule has 1 atom stereocenters. The minimum atomic E-state index is -0.367. The summed E-state index contributed by atoms with van der Waals surface area (Å²) >= 11 is 0. The van der Waals surface area contributed by atoms with Crippen LogP contribution in [0.4, 0.5) is 4.39 Å². The van der Waals surface area contributed by atoms with E-state index in [1.165, 1.54) is 7.11 Å². The molecule has 1 heterocycles. The molecule has 1 N–H and O–H groups in total. The Labute approximate surface area is 87.9 Å². The van der Waals surface area contributed by atoms with Gasteiger partial charge in [-0.25, -0.2) is 9.37 Å². The predicted octanol–water partition coefficient (Wildman–Crippen LogP) is 1.24. The van der Waals surface area contributed by atoms with Crippen molar-refractivity contribution in [2.45, 2.75) is 19.8 Å². The van der Waals surface area contributed by atoms with Gasteiger partial charge in [0, 0.05) is 12.3 Å². The average Bonchev–Trinajstić information content (AvgIpc) is 2.68. The summed E-state index contributed by atoms with van der Waals surface area (Å²) in [5.74, 6) is -0.180. The van der Waals surface area contributed by atoms with Gasteiger partial charge in [-0.3, -0.25) is 0 Å². The van der Waals surface area contributed by atoms with Crippen molar-refractivity contribution in [3.63, 3.8) is 0 Å². The Hall–Kier alpha value is -1.16. The lowest BCUT2D eigenvalue weighted by atomic mass is 10.1. The van der Waals surface area contributed by atoms with E-state index < -0.39 is 0 Å². The molecule has 0 aliphatic heterocycles. The van der Waals surface area contributed by atoms with Crippen LogP contribution in [0.15, 0.2) is 0 Å². The van der Waals surface area contributed by atoms with Gasteiger partial charge in [0.05, 0.1) is 7.11 Å². The van der Waals surface area contributed by atoms with Gasteiger partial charge in [0.2, 0.25) is 0 Å². The molecular weight excluding hydrogens is 197 g/mol. The number of aliphatic hydroxyl groups excluding tert-OH is 1. The predicted molar refractivity (Wildman–Crippen MR) is 53.5 cm³/mol. The number of hydrogen-bond donors (Lipinski definition) is 1. The van der Waals surface area contributed by atoms with Crippen LogP contribution in [0.3, 0.4) is 0 Å². The quantitative estimate of drug-likeness (QED) is 0.800. The largest absolute Gasteiger partial charge is 0.479 e. The molecule has 0 bridgehead atoms. The summed E-state index contributed by atoms with van der Waals surface area (Å²) in [6.07, 6.45) is 1.29. The molecule has 0 saturated heterocycles. The second kappa shape index (κ2) is 3.77. The summed E-state index contributed by atoms with van der Waals surface area (Å²) in [6, 6.07) is 0. The van der Waals surface area contributed by atoms with Crippen molar-refractivity contribution < 1.29 is 14.2 Å². The maximum atomic E-state index is 13.8. The summed E-state index contributed by atoms with van der Waals surface area (Å²) in [7, 11) is 1.41. The first-order valence-electron chi connectivity index (χ1n) is 5.00. The maximum Gasteiger partial charge on any atom is 0.250 e. The number of rotatable bonds is 2. The third-order valence-corrected chi connectivity index (χ3v) is 2.96. The summed E-state index contributed by atoms with van der Waals surface area (Å²) in [6.45, 7) is 1.94. The molecular formula is C11H14FNO2. The zero-order valence-corrected chi connectivity index (χ0v) is 8.88. The minimum Gasteiger partial charge on any atom is -0.479 e. The Morgan fingerprint density at radius 1 is 1.47 bits per heavy atom. The number of hydrogen-bond acceptors (Lipinski definition) is 3. The molecule has 4 heteroatoms. The molecule has 0 aromatic carbocycles. The second-order valence-corrected chi connectivity index (χ2v) is 3.93. The van der Waals surface area contributed by atoms with Gasteiger partial charge in [0.15, 0.2) is 5.82 Å². The van der Waals surface area contributed by atoms with Gasteiger partial charge >= 0.3 is 0 Å². The zero-order chi connectivity index (χ0) is 11.0. The highest BCUT2D eigenvalue weighted by atomic mass is 19.1. The first-order chi connectivity index (χ1) is 7.17. The Bertz CT molecular complexity index is 393. The zero-order valence-electron chi connectivity index (χ0n) is 8.88. The Balaban J connectivity index is 2.48. The highest BCUT2D eigenvalue weighted by Crippen LogP contribution is 2.33. The fraction of sp³-hybridized carbons (Fsp3) is 0.545. The van der Waals surface area contributed by atoms with Crippen molar-refractivity contribution in [3.8, 4) is 5.88 Å². The number of aliphatic hydroxyl groups is 1. The number of aromatic nitrogens is 1. The summed E-state index contributed by atoms with van der Waals surface area (Å²) in [4.78, 5) is 4.05. The van der Waals surface area contributed by atoms with Gasteiger partial charge in [-0.2, -0.15) is 0 Å². The van der Waals surface area contributed by atoms with Crippen LogP contribution >= 0.6 is 0 Å². The van der Waals surface area contributed by atoms with Crippen LogP contribution in [0.5, 0.6) is 5.88 Å². The topological polar surface area (TPSA) is 42.4 Å². The van der Waals surface area contributed by atoms with Crippen molar-refractivity contribution in [3.05, 3.63) is 22.6 Å². The van der Waals surface area contributed by atoms with Crippen LogP contribution in [0, 0.1) is 18.7 Å². The van der Waals surface area contributed by atoms with Crippen LogP contribution in [0.2, 0.25) is 0 Å². The Morgan fingerprint density at radius 3 is 2.73 bits per heavy atom. The molecule has 0 radical (unpaired) electrons. The van der Waals surface area contributed by atoms with Crippen molar-refractivity contribution in [1.82, 2.24) is 4.98 Å². The lowest BCUT2D eigenvalue weighted by Gasteiger charge is -2.08. The van der Waals surface area contributed by atoms with E-state index in [4.69, 9.17) is 9.84 Å². The van der Waals surface area contributed by atoms with Gasteiger partial charge < -0.3 is 9.84 Å². The number of fused-ring (bicyclic) bond motifs is 1. The first kappa shape index (κ1) is 10.4. The van der Waals surface area contributed by atoms with Gasteiger partial charge in [0.1, 0.15) is 0 Å². The molecule has 0 amide bonds. The van der Waals surface area contributed by atoms with E-state index in [1.54, 1.807) is 0 Å². The number of pyridine rings is 1. The summed E-state index contributed by atoms with van der Waals surface area (Å²) in [5.41, 5.74) is 2.41. The second-order valence-electron chi connectivity index (χ2n) is 3.93. The number of nitrogens with zero attached hydrogens (tertiary/aromatic N) is 1. The highest BCUT2D eigenvalue weighted by Gasteiger charge is 2.28. The van der Waals surface area contributed by atoms with E-state index in [0.717, 1.165) is 11.3 Å². The number of ether oxygens (including phenoxy) is 1. The van der Waals surface area contributed by atoms with E-state index in [-0.39, 0.29) is 24.2 Å². The van der Waals surface area contributed by atoms with Crippen molar-refractivity contribution in [2.75, 3.05) is 13.7 Å². The fourth-order valence-electron chi connectivity index (χ4n) is 2.15. The molecule has 0 fully saturated rings. The Morgan fingerprint density at radius 2 is 2.13 bits per heavy atom. The molecule has 2 rings (SSSR count). The number of aryl methyl sites for hydroxylation is 1. The summed E-state index contributed by atoms with van der Waals surface area (Å²) in [5, 5.41) is 9.07. The average molecular weight is 211 g/mol. The van der Waals surface area contributed by atoms with Crippen molar-refractivity contribution >= 4 is 0 Å². The molecule has 0 spiro atoms. The van der Waals surface area contributed by atoms with Gasteiger partial charge in [-0.05, 0) is 36.8 Å². The van der Waals surface area contributed by atoms with Crippen LogP contribution in [0.25, 0.3) is 0 Å². The van der Waals surface area contributed by atoms with Crippen LogP contribution < -0.4 is 4.74 Å². The molecule has 1 aromatic rings. The lowest BCUT2D eigenvalue weighted by molar-refractivity contribution is 0.231. The molecule has 15 heavy (non-hydrogen) atoms. The third-order valence-electron chi connectivity index (χ3n) is 2.96. The SMILES string of the molecule is COc1nc(C)c2c(c1F)CC(CO)C2. The molecule has 1 aromatic heterocycles. The third kappa shape index (κ3) is 1.59. The number of methoxy groups -OCH3 is 1. The van der Waals surface area contributed by atoms with E-state index in [1.807, 2.05) is 6.92 Å². The van der Waals surface area contributed by atoms with Crippen molar-refractivity contribution in [1.29, 1.82) is 0 Å². The van der Waals surface area contributed by atoms with E-state index >= 15 is 0 Å². The normalized spacial score (nSPS) is 19.1. The molecule has 0 saturated carbocycles. The standard InChI is InChI=1S/C11H14FNO2/c1-6-8-3-7(5-14)4-9(8)10(12)11(13-6)15-2/h7,14H,3-5H2,1-2H3. The van der Waals surface area contributed by atoms with Crippen LogP contribution in [0.1, 0.15) is 16.8 Å². The van der Waals surface area contributed by atoms with Crippen LogP contribution in [-0.4, -0.2) is 23.8 Å². The van der Waals surface area contributed by atoms with Crippen molar-refractivity contribution in [2.24, 2.45) is 5.92 Å². The highest BCUT2D eigenvalue weighted by molar-refractivity contribution is 5.40. The minimum absolute atomic E-state index is 0.0600. The maximum absolute atomic E-state index is 13.8. The molecule has 3 nitrogen and oxygen atoms in total. The Kier molecular flexibility index (Phi) is 2.61. The van der Waals surface area contributed by atoms with Crippen LogP contribution in [-0.2, 0) is 12.8 Å². The number of halogens is 1. The smallest absolute Gasteiger partial charge is 0.250 e. The molecule has 1 aliphatic rings. The molecule has 82 valence electrons. The van der Waals surface area contributed by atoms with E-state index in [9.17, 15) is 4.39 Å². The molecule has 1 unspecified atom stereocenters. The van der Waals surface area contributed by atoms with E-state index in [0.29, 0.717) is 18.4 Å².